The third kappa shape index (κ3) is 6.40. The SMILES string of the molecule is CCCNC(=O)CCNC(=O)NCC(=O)N1CCCC1. The first-order valence-corrected chi connectivity index (χ1v) is 7.19. The zero-order valence-electron chi connectivity index (χ0n) is 12.0. The number of likely N-dealkylation sites (tertiary alicyclic amines) is 1. The lowest BCUT2D eigenvalue weighted by molar-refractivity contribution is -0.129. The van der Waals surface area contributed by atoms with E-state index in [4.69, 9.17) is 0 Å². The van der Waals surface area contributed by atoms with Crippen LogP contribution in [0.2, 0.25) is 0 Å². The molecule has 0 radical (unpaired) electrons. The Kier molecular flexibility index (Phi) is 7.46. The number of carbonyl (C=O) groups excluding carboxylic acids is 3. The molecule has 0 aromatic rings. The highest BCUT2D eigenvalue weighted by molar-refractivity contribution is 5.84. The van der Waals surface area contributed by atoms with Gasteiger partial charge in [0.1, 0.15) is 0 Å². The van der Waals surface area contributed by atoms with Crippen molar-refractivity contribution in [2.75, 3.05) is 32.7 Å². The maximum absolute atomic E-state index is 11.7. The quantitative estimate of drug-likeness (QED) is 0.606. The van der Waals surface area contributed by atoms with Crippen LogP contribution in [0.5, 0.6) is 0 Å². The lowest BCUT2D eigenvalue weighted by Gasteiger charge is -2.15. The topological polar surface area (TPSA) is 90.5 Å². The molecule has 0 unspecified atom stereocenters. The van der Waals surface area contributed by atoms with Crippen LogP contribution < -0.4 is 16.0 Å². The average Bonchev–Trinajstić information content (AvgIpc) is 2.96. The lowest BCUT2D eigenvalue weighted by Crippen LogP contribution is -2.43. The summed E-state index contributed by atoms with van der Waals surface area (Å²) in [6, 6.07) is -0.416. The number of rotatable bonds is 7. The molecule has 7 heteroatoms. The van der Waals surface area contributed by atoms with Gasteiger partial charge in [0.2, 0.25) is 11.8 Å². The minimum atomic E-state index is -0.416. The number of urea groups is 1. The predicted molar refractivity (Wildman–Crippen MR) is 75.1 cm³/mol. The summed E-state index contributed by atoms with van der Waals surface area (Å²) in [4.78, 5) is 36.1. The van der Waals surface area contributed by atoms with Crippen LogP contribution in [0.1, 0.15) is 32.6 Å². The fourth-order valence-corrected chi connectivity index (χ4v) is 1.94. The van der Waals surface area contributed by atoms with Crippen LogP contribution >= 0.6 is 0 Å². The number of nitrogens with zero attached hydrogens (tertiary/aromatic N) is 1. The second kappa shape index (κ2) is 9.17. The zero-order chi connectivity index (χ0) is 14.8. The largest absolute Gasteiger partial charge is 0.356 e. The van der Waals surface area contributed by atoms with Crippen LogP contribution in [0.3, 0.4) is 0 Å². The van der Waals surface area contributed by atoms with E-state index in [-0.39, 0.29) is 31.3 Å². The Morgan fingerprint density at radius 2 is 1.70 bits per heavy atom. The molecule has 1 heterocycles. The van der Waals surface area contributed by atoms with Crippen molar-refractivity contribution >= 4 is 17.8 Å². The van der Waals surface area contributed by atoms with Crippen molar-refractivity contribution in [3.63, 3.8) is 0 Å². The Morgan fingerprint density at radius 1 is 1.00 bits per heavy atom. The van der Waals surface area contributed by atoms with Crippen LogP contribution in [-0.2, 0) is 9.59 Å². The van der Waals surface area contributed by atoms with E-state index < -0.39 is 6.03 Å². The van der Waals surface area contributed by atoms with Gasteiger partial charge in [-0.3, -0.25) is 9.59 Å². The first-order chi connectivity index (χ1) is 9.63. The number of hydrogen-bond acceptors (Lipinski definition) is 3. The highest BCUT2D eigenvalue weighted by Crippen LogP contribution is 2.06. The van der Waals surface area contributed by atoms with E-state index in [0.29, 0.717) is 6.54 Å². The van der Waals surface area contributed by atoms with E-state index in [2.05, 4.69) is 16.0 Å². The van der Waals surface area contributed by atoms with Gasteiger partial charge in [0, 0.05) is 32.6 Å². The maximum Gasteiger partial charge on any atom is 0.315 e. The zero-order valence-corrected chi connectivity index (χ0v) is 12.0. The molecule has 1 aliphatic rings. The Morgan fingerprint density at radius 3 is 2.35 bits per heavy atom. The summed E-state index contributed by atoms with van der Waals surface area (Å²) < 4.78 is 0. The molecule has 0 atom stereocenters. The molecule has 0 bridgehead atoms. The molecule has 1 fully saturated rings. The number of amides is 4. The summed E-state index contributed by atoms with van der Waals surface area (Å²) in [7, 11) is 0. The summed E-state index contributed by atoms with van der Waals surface area (Å²) in [6.07, 6.45) is 3.20. The molecule has 1 aliphatic heterocycles. The van der Waals surface area contributed by atoms with Gasteiger partial charge in [-0.1, -0.05) is 6.92 Å². The van der Waals surface area contributed by atoms with E-state index >= 15 is 0 Å². The molecule has 0 saturated carbocycles. The van der Waals surface area contributed by atoms with Crippen molar-refractivity contribution in [2.45, 2.75) is 32.6 Å². The molecule has 1 rings (SSSR count). The molecule has 20 heavy (non-hydrogen) atoms. The minimum Gasteiger partial charge on any atom is -0.356 e. The summed E-state index contributed by atoms with van der Waals surface area (Å²) in [6.45, 7) is 4.45. The van der Waals surface area contributed by atoms with Gasteiger partial charge in [-0.25, -0.2) is 4.79 Å². The van der Waals surface area contributed by atoms with Gasteiger partial charge in [0.25, 0.3) is 0 Å². The predicted octanol–water partition coefficient (Wildman–Crippen LogP) is -0.176. The molecular formula is C13H24N4O3. The second-order valence-corrected chi connectivity index (χ2v) is 4.80. The van der Waals surface area contributed by atoms with Crippen LogP contribution in [-0.4, -0.2) is 55.5 Å². The third-order valence-electron chi connectivity index (χ3n) is 3.07. The Balaban J connectivity index is 2.05. The van der Waals surface area contributed by atoms with Crippen molar-refractivity contribution in [3.8, 4) is 0 Å². The van der Waals surface area contributed by atoms with Gasteiger partial charge < -0.3 is 20.9 Å². The molecule has 3 N–H and O–H groups in total. The van der Waals surface area contributed by atoms with Crippen molar-refractivity contribution in [2.24, 2.45) is 0 Å². The summed E-state index contributed by atoms with van der Waals surface area (Å²) >= 11 is 0. The van der Waals surface area contributed by atoms with E-state index in [1.54, 1.807) is 4.90 Å². The first kappa shape index (κ1) is 16.3. The molecule has 4 amide bonds. The standard InChI is InChI=1S/C13H24N4O3/c1-2-6-14-11(18)5-7-15-13(20)16-10-12(19)17-8-3-4-9-17/h2-10H2,1H3,(H,14,18)(H2,15,16,20). The lowest BCUT2D eigenvalue weighted by atomic mass is 10.4. The fourth-order valence-electron chi connectivity index (χ4n) is 1.94. The Bertz CT molecular complexity index is 341. The third-order valence-corrected chi connectivity index (χ3v) is 3.07. The van der Waals surface area contributed by atoms with Crippen LogP contribution in [0.4, 0.5) is 4.79 Å². The van der Waals surface area contributed by atoms with Crippen molar-refractivity contribution in [1.29, 1.82) is 0 Å². The molecular weight excluding hydrogens is 260 g/mol. The van der Waals surface area contributed by atoms with Gasteiger partial charge >= 0.3 is 6.03 Å². The fraction of sp³-hybridized carbons (Fsp3) is 0.769. The van der Waals surface area contributed by atoms with E-state index in [1.807, 2.05) is 6.92 Å². The molecule has 0 aromatic heterocycles. The summed E-state index contributed by atoms with van der Waals surface area (Å²) in [5, 5.41) is 7.78. The molecule has 0 spiro atoms. The molecule has 7 nitrogen and oxygen atoms in total. The smallest absolute Gasteiger partial charge is 0.315 e. The van der Waals surface area contributed by atoms with Crippen molar-refractivity contribution in [1.82, 2.24) is 20.9 Å². The number of hydrogen-bond donors (Lipinski definition) is 3. The molecule has 0 aliphatic carbocycles. The van der Waals surface area contributed by atoms with Gasteiger partial charge in [0.15, 0.2) is 0 Å². The van der Waals surface area contributed by atoms with Crippen molar-refractivity contribution in [3.05, 3.63) is 0 Å². The number of carbonyl (C=O) groups is 3. The van der Waals surface area contributed by atoms with E-state index in [0.717, 1.165) is 32.4 Å². The maximum atomic E-state index is 11.7. The minimum absolute atomic E-state index is 0.00780. The summed E-state index contributed by atoms with van der Waals surface area (Å²) in [5.41, 5.74) is 0. The monoisotopic (exact) mass is 284 g/mol. The second-order valence-electron chi connectivity index (χ2n) is 4.80. The highest BCUT2D eigenvalue weighted by Gasteiger charge is 2.17. The first-order valence-electron chi connectivity index (χ1n) is 7.19. The van der Waals surface area contributed by atoms with Gasteiger partial charge in [0.05, 0.1) is 6.54 Å². The highest BCUT2D eigenvalue weighted by atomic mass is 16.2. The Hall–Kier alpha value is -1.79. The van der Waals surface area contributed by atoms with Crippen LogP contribution in [0.25, 0.3) is 0 Å². The van der Waals surface area contributed by atoms with Gasteiger partial charge in [-0.2, -0.15) is 0 Å². The van der Waals surface area contributed by atoms with E-state index in [9.17, 15) is 14.4 Å². The van der Waals surface area contributed by atoms with Crippen LogP contribution in [0, 0.1) is 0 Å². The average molecular weight is 284 g/mol. The van der Waals surface area contributed by atoms with Crippen molar-refractivity contribution < 1.29 is 14.4 Å². The Labute approximate surface area is 119 Å². The van der Waals surface area contributed by atoms with Gasteiger partial charge in [-0.15, -0.1) is 0 Å². The molecule has 0 aromatic carbocycles. The van der Waals surface area contributed by atoms with Gasteiger partial charge in [-0.05, 0) is 19.3 Å². The van der Waals surface area contributed by atoms with E-state index in [1.165, 1.54) is 0 Å². The number of nitrogens with one attached hydrogen (secondary N) is 3. The molecule has 114 valence electrons. The summed E-state index contributed by atoms with van der Waals surface area (Å²) in [5.74, 6) is -0.140. The van der Waals surface area contributed by atoms with Crippen LogP contribution in [0.15, 0.2) is 0 Å². The molecule has 1 saturated heterocycles. The normalized spacial score (nSPS) is 13.9.